The molecule has 1 saturated heterocycles. The number of methoxy groups -OCH3 is 1. The summed E-state index contributed by atoms with van der Waals surface area (Å²) in [5.41, 5.74) is 0.939. The van der Waals surface area contributed by atoms with Crippen molar-refractivity contribution >= 4 is 17.5 Å². The quantitative estimate of drug-likeness (QED) is 0.771. The summed E-state index contributed by atoms with van der Waals surface area (Å²) < 4.78 is 11.2. The Balaban J connectivity index is 1.59. The molecule has 0 aromatic heterocycles. The van der Waals surface area contributed by atoms with Crippen molar-refractivity contribution in [1.29, 1.82) is 0 Å². The Bertz CT molecular complexity index is 857. The minimum absolute atomic E-state index is 0.0430. The van der Waals surface area contributed by atoms with Crippen LogP contribution in [0, 0.1) is 6.92 Å². The molecule has 0 bridgehead atoms. The third kappa shape index (κ3) is 5.64. The monoisotopic (exact) mass is 417 g/mol. The summed E-state index contributed by atoms with van der Waals surface area (Å²) in [5.74, 6) is 1.34. The molecule has 0 radical (unpaired) electrons. The Labute approximate surface area is 177 Å². The van der Waals surface area contributed by atoms with E-state index in [9.17, 15) is 9.90 Å². The molecule has 0 spiro atoms. The van der Waals surface area contributed by atoms with Crippen LogP contribution in [0.25, 0.3) is 0 Å². The van der Waals surface area contributed by atoms with Crippen molar-refractivity contribution in [3.63, 3.8) is 0 Å². The number of benzene rings is 2. The van der Waals surface area contributed by atoms with E-state index in [-0.39, 0.29) is 18.9 Å². The summed E-state index contributed by atoms with van der Waals surface area (Å²) >= 11 is 6.19. The van der Waals surface area contributed by atoms with Gasteiger partial charge in [-0.1, -0.05) is 35.9 Å². The molecule has 2 aromatic rings. The summed E-state index contributed by atoms with van der Waals surface area (Å²) in [6.45, 7) is 3.25. The van der Waals surface area contributed by atoms with Crippen LogP contribution >= 0.6 is 11.6 Å². The highest BCUT2D eigenvalue weighted by atomic mass is 35.5. The highest BCUT2D eigenvalue weighted by Gasteiger charge is 2.32. The molecule has 0 saturated carbocycles. The zero-order chi connectivity index (χ0) is 20.9. The molecular formula is C23H28ClNO4. The zero-order valence-corrected chi connectivity index (χ0v) is 17.7. The molecule has 1 fully saturated rings. The lowest BCUT2D eigenvalue weighted by molar-refractivity contribution is -0.130. The molecule has 2 aromatic carbocycles. The number of ether oxygens (including phenoxy) is 2. The van der Waals surface area contributed by atoms with Crippen LogP contribution in [0.15, 0.2) is 42.5 Å². The molecule has 29 heavy (non-hydrogen) atoms. The van der Waals surface area contributed by atoms with E-state index in [0.717, 1.165) is 23.3 Å². The second-order valence-corrected chi connectivity index (χ2v) is 8.08. The van der Waals surface area contributed by atoms with Crippen molar-refractivity contribution < 1.29 is 19.4 Å². The van der Waals surface area contributed by atoms with E-state index in [2.05, 4.69) is 0 Å². The third-order valence-corrected chi connectivity index (χ3v) is 5.70. The van der Waals surface area contributed by atoms with Gasteiger partial charge < -0.3 is 19.5 Å². The number of rotatable bonds is 6. The summed E-state index contributed by atoms with van der Waals surface area (Å²) in [5, 5.41) is 11.5. The third-order valence-electron chi connectivity index (χ3n) is 5.39. The molecule has 1 atom stereocenters. The van der Waals surface area contributed by atoms with Gasteiger partial charge >= 0.3 is 0 Å². The van der Waals surface area contributed by atoms with Crippen molar-refractivity contribution in [2.45, 2.75) is 38.2 Å². The van der Waals surface area contributed by atoms with E-state index in [1.165, 1.54) is 0 Å². The maximum Gasteiger partial charge on any atom is 0.227 e. The van der Waals surface area contributed by atoms with E-state index in [1.54, 1.807) is 13.2 Å². The predicted octanol–water partition coefficient (Wildman–Crippen LogP) is 4.02. The fourth-order valence-electron chi connectivity index (χ4n) is 3.63. The standard InChI is InChI=1S/C23H28ClNO4/c1-17-8-9-19(24)21(14-17)29-16-23(27)10-5-12-25(13-11-23)22(26)15-18-6-3-4-7-20(18)28-2/h3-4,6-9,14,27H,5,10-13,15-16H2,1-2H3. The topological polar surface area (TPSA) is 59.0 Å². The van der Waals surface area contributed by atoms with Crippen molar-refractivity contribution in [3.8, 4) is 11.5 Å². The smallest absolute Gasteiger partial charge is 0.227 e. The van der Waals surface area contributed by atoms with Crippen LogP contribution < -0.4 is 9.47 Å². The zero-order valence-electron chi connectivity index (χ0n) is 17.0. The first-order valence-corrected chi connectivity index (χ1v) is 10.3. The number of carbonyl (C=O) groups excluding carboxylic acids is 1. The van der Waals surface area contributed by atoms with Gasteiger partial charge in [0.15, 0.2) is 0 Å². The molecule has 1 amide bonds. The first kappa shape index (κ1) is 21.5. The van der Waals surface area contributed by atoms with Gasteiger partial charge in [0.2, 0.25) is 5.91 Å². The lowest BCUT2D eigenvalue weighted by atomic mass is 9.96. The average Bonchev–Trinajstić information content (AvgIpc) is 2.91. The van der Waals surface area contributed by atoms with Crippen LogP contribution in [0.2, 0.25) is 5.02 Å². The molecule has 1 unspecified atom stereocenters. The number of carbonyl (C=O) groups is 1. The van der Waals surface area contributed by atoms with Gasteiger partial charge in [0.05, 0.1) is 18.6 Å². The van der Waals surface area contributed by atoms with Crippen LogP contribution in [0.1, 0.15) is 30.4 Å². The van der Waals surface area contributed by atoms with Gasteiger partial charge in [0.1, 0.15) is 23.7 Å². The Morgan fingerprint density at radius 2 is 1.97 bits per heavy atom. The molecule has 3 rings (SSSR count). The van der Waals surface area contributed by atoms with Gasteiger partial charge in [-0.25, -0.2) is 0 Å². The first-order valence-electron chi connectivity index (χ1n) is 9.91. The molecule has 0 aliphatic carbocycles. The molecular weight excluding hydrogens is 390 g/mol. The highest BCUT2D eigenvalue weighted by molar-refractivity contribution is 6.32. The maximum absolute atomic E-state index is 12.8. The van der Waals surface area contributed by atoms with E-state index in [0.29, 0.717) is 36.7 Å². The number of halogens is 1. The first-order chi connectivity index (χ1) is 13.9. The molecule has 156 valence electrons. The average molecular weight is 418 g/mol. The summed E-state index contributed by atoms with van der Waals surface area (Å²) in [7, 11) is 1.61. The Kier molecular flexibility index (Phi) is 7.04. The van der Waals surface area contributed by atoms with Gasteiger partial charge in [-0.05, 0) is 49.9 Å². The SMILES string of the molecule is COc1ccccc1CC(=O)N1CCCC(O)(COc2cc(C)ccc2Cl)CC1. The minimum atomic E-state index is -0.980. The Morgan fingerprint density at radius 3 is 2.76 bits per heavy atom. The maximum atomic E-state index is 12.8. The number of para-hydroxylation sites is 1. The van der Waals surface area contributed by atoms with Gasteiger partial charge in [0.25, 0.3) is 0 Å². The lowest BCUT2D eigenvalue weighted by Gasteiger charge is -2.27. The van der Waals surface area contributed by atoms with Crippen LogP contribution in [-0.2, 0) is 11.2 Å². The number of hydrogen-bond donors (Lipinski definition) is 1. The predicted molar refractivity (Wildman–Crippen MR) is 114 cm³/mol. The summed E-state index contributed by atoms with van der Waals surface area (Å²) in [6, 6.07) is 13.1. The fourth-order valence-corrected chi connectivity index (χ4v) is 3.80. The number of nitrogens with zero attached hydrogens (tertiary/aromatic N) is 1. The Hall–Kier alpha value is -2.24. The van der Waals surface area contributed by atoms with Crippen molar-refractivity contribution in [2.24, 2.45) is 0 Å². The highest BCUT2D eigenvalue weighted by Crippen LogP contribution is 2.29. The minimum Gasteiger partial charge on any atom is -0.496 e. The molecule has 6 heteroatoms. The van der Waals surface area contributed by atoms with E-state index >= 15 is 0 Å². The van der Waals surface area contributed by atoms with Gasteiger partial charge in [-0.3, -0.25) is 4.79 Å². The second kappa shape index (κ2) is 9.51. The fraction of sp³-hybridized carbons (Fsp3) is 0.435. The summed E-state index contributed by atoms with van der Waals surface area (Å²) in [4.78, 5) is 14.6. The van der Waals surface area contributed by atoms with Crippen LogP contribution in [0.5, 0.6) is 11.5 Å². The van der Waals surface area contributed by atoms with Crippen LogP contribution in [0.4, 0.5) is 0 Å². The second-order valence-electron chi connectivity index (χ2n) is 7.67. The number of aryl methyl sites for hydroxylation is 1. The Morgan fingerprint density at radius 1 is 1.17 bits per heavy atom. The molecule has 5 nitrogen and oxygen atoms in total. The van der Waals surface area contributed by atoms with Gasteiger partial charge in [-0.2, -0.15) is 0 Å². The molecule has 1 aliphatic heterocycles. The number of likely N-dealkylation sites (tertiary alicyclic amines) is 1. The number of aliphatic hydroxyl groups is 1. The molecule has 1 aliphatic rings. The van der Waals surface area contributed by atoms with Crippen molar-refractivity contribution in [3.05, 3.63) is 58.6 Å². The summed E-state index contributed by atoms with van der Waals surface area (Å²) in [6.07, 6.45) is 2.06. The largest absolute Gasteiger partial charge is 0.496 e. The van der Waals surface area contributed by atoms with Gasteiger partial charge in [0, 0.05) is 18.7 Å². The van der Waals surface area contributed by atoms with E-state index in [1.807, 2.05) is 48.2 Å². The van der Waals surface area contributed by atoms with Gasteiger partial charge in [-0.15, -0.1) is 0 Å². The van der Waals surface area contributed by atoms with Crippen LogP contribution in [0.3, 0.4) is 0 Å². The lowest BCUT2D eigenvalue weighted by Crippen LogP contribution is -2.38. The molecule has 1 N–H and O–H groups in total. The van der Waals surface area contributed by atoms with E-state index in [4.69, 9.17) is 21.1 Å². The number of hydrogen-bond acceptors (Lipinski definition) is 4. The van der Waals surface area contributed by atoms with E-state index < -0.39 is 5.60 Å². The van der Waals surface area contributed by atoms with Crippen LogP contribution in [-0.4, -0.2) is 48.3 Å². The van der Waals surface area contributed by atoms with Crippen molar-refractivity contribution in [2.75, 3.05) is 26.8 Å². The van der Waals surface area contributed by atoms with Crippen molar-refractivity contribution in [1.82, 2.24) is 4.90 Å². The number of amides is 1. The molecule has 1 heterocycles. The normalized spacial score (nSPS) is 19.5.